The Labute approximate surface area is 169 Å². The Morgan fingerprint density at radius 1 is 1.22 bits per heavy atom. The lowest BCUT2D eigenvalue weighted by molar-refractivity contribution is -0.133. The molecule has 1 fully saturated rings. The van der Waals surface area contributed by atoms with Crippen LogP contribution in [0.15, 0.2) is 21.5 Å². The van der Waals surface area contributed by atoms with E-state index in [2.05, 4.69) is 20.7 Å². The highest BCUT2D eigenvalue weighted by Crippen LogP contribution is 2.35. The maximum atomic E-state index is 12.8. The predicted octanol–water partition coefficient (Wildman–Crippen LogP) is 2.78. The van der Waals surface area contributed by atoms with Crippen molar-refractivity contribution in [3.8, 4) is 11.5 Å². The number of benzene rings is 1. The zero-order valence-corrected chi connectivity index (χ0v) is 18.5. The van der Waals surface area contributed by atoms with Crippen molar-refractivity contribution < 1.29 is 22.7 Å². The van der Waals surface area contributed by atoms with Crippen molar-refractivity contribution in [3.05, 3.63) is 16.6 Å². The molecule has 0 aliphatic carbocycles. The Balaban J connectivity index is 2.07. The highest BCUT2D eigenvalue weighted by Gasteiger charge is 2.28. The maximum Gasteiger partial charge on any atom is 0.242 e. The molecule has 0 bridgehead atoms. The standard InChI is InChI=1S/C18H27BrN2O5S/c1-12(2)9-18(22)21-7-5-13(6-8-21)20-27(23,24)17-11-16(26-4)15(25-3)10-14(17)19/h10-13,20H,5-9H2,1-4H3. The molecule has 1 N–H and O–H groups in total. The monoisotopic (exact) mass is 462 g/mol. The molecule has 27 heavy (non-hydrogen) atoms. The number of carbonyl (C=O) groups excluding carboxylic acids is 1. The third kappa shape index (κ3) is 5.58. The van der Waals surface area contributed by atoms with Gasteiger partial charge in [0.2, 0.25) is 15.9 Å². The van der Waals surface area contributed by atoms with Gasteiger partial charge in [-0.05, 0) is 40.8 Å². The fourth-order valence-electron chi connectivity index (χ4n) is 3.05. The fraction of sp³-hybridized carbons (Fsp3) is 0.611. The van der Waals surface area contributed by atoms with Gasteiger partial charge in [0, 0.05) is 36.1 Å². The summed E-state index contributed by atoms with van der Waals surface area (Å²) in [4.78, 5) is 14.1. The molecule has 0 unspecified atom stereocenters. The van der Waals surface area contributed by atoms with E-state index in [1.165, 1.54) is 20.3 Å². The zero-order chi connectivity index (χ0) is 20.2. The smallest absolute Gasteiger partial charge is 0.242 e. The molecule has 1 heterocycles. The lowest BCUT2D eigenvalue weighted by Crippen LogP contribution is -2.46. The second-order valence-corrected chi connectivity index (χ2v) is 9.55. The molecule has 152 valence electrons. The van der Waals surface area contributed by atoms with E-state index < -0.39 is 10.0 Å². The minimum atomic E-state index is -3.74. The van der Waals surface area contributed by atoms with Gasteiger partial charge in [-0.3, -0.25) is 4.79 Å². The number of amides is 1. The Morgan fingerprint density at radius 2 is 1.78 bits per heavy atom. The van der Waals surface area contributed by atoms with Crippen LogP contribution in [0.25, 0.3) is 0 Å². The molecule has 0 atom stereocenters. The van der Waals surface area contributed by atoms with Crippen LogP contribution >= 0.6 is 15.9 Å². The predicted molar refractivity (Wildman–Crippen MR) is 107 cm³/mol. The van der Waals surface area contributed by atoms with Gasteiger partial charge in [-0.1, -0.05) is 13.8 Å². The molecule has 1 aliphatic heterocycles. The third-order valence-corrected chi connectivity index (χ3v) is 6.96. The summed E-state index contributed by atoms with van der Waals surface area (Å²) in [7, 11) is -0.792. The van der Waals surface area contributed by atoms with Gasteiger partial charge in [0.15, 0.2) is 11.5 Å². The quantitative estimate of drug-likeness (QED) is 0.673. The first-order valence-corrected chi connectivity index (χ1v) is 11.2. The van der Waals surface area contributed by atoms with Gasteiger partial charge in [0.05, 0.1) is 14.2 Å². The molecule has 1 aromatic rings. The first-order chi connectivity index (χ1) is 12.7. The number of ether oxygens (including phenoxy) is 2. The number of hydrogen-bond acceptors (Lipinski definition) is 5. The first-order valence-electron chi connectivity index (χ1n) is 8.89. The van der Waals surface area contributed by atoms with Crippen molar-refractivity contribution in [1.29, 1.82) is 0 Å². The Hall–Kier alpha value is -1.32. The highest BCUT2D eigenvalue weighted by molar-refractivity contribution is 9.10. The summed E-state index contributed by atoms with van der Waals surface area (Å²) in [5.41, 5.74) is 0. The van der Waals surface area contributed by atoms with E-state index in [4.69, 9.17) is 9.47 Å². The van der Waals surface area contributed by atoms with Crippen LogP contribution in [-0.4, -0.2) is 52.6 Å². The van der Waals surface area contributed by atoms with Crippen LogP contribution < -0.4 is 14.2 Å². The minimum Gasteiger partial charge on any atom is -0.493 e. The van der Waals surface area contributed by atoms with E-state index in [-0.39, 0.29) is 16.8 Å². The molecule has 0 aromatic heterocycles. The Morgan fingerprint density at radius 3 is 2.30 bits per heavy atom. The molecule has 7 nitrogen and oxygen atoms in total. The van der Waals surface area contributed by atoms with Crippen LogP contribution in [0, 0.1) is 5.92 Å². The van der Waals surface area contributed by atoms with Crippen LogP contribution in [0.4, 0.5) is 0 Å². The molecule has 2 rings (SSSR count). The second kappa shape index (κ2) is 9.25. The van der Waals surface area contributed by atoms with E-state index in [1.807, 2.05) is 18.7 Å². The molecule has 1 saturated heterocycles. The SMILES string of the molecule is COc1cc(Br)c(S(=O)(=O)NC2CCN(C(=O)CC(C)C)CC2)cc1OC. The van der Waals surface area contributed by atoms with Crippen LogP contribution in [0.3, 0.4) is 0 Å². The summed E-state index contributed by atoms with van der Waals surface area (Å²) in [6.45, 7) is 5.15. The fourth-order valence-corrected chi connectivity index (χ4v) is 5.39. The van der Waals surface area contributed by atoms with E-state index in [0.717, 1.165) is 0 Å². The van der Waals surface area contributed by atoms with E-state index in [9.17, 15) is 13.2 Å². The average Bonchev–Trinajstić information content (AvgIpc) is 2.60. The average molecular weight is 463 g/mol. The van der Waals surface area contributed by atoms with Crippen LogP contribution in [0.2, 0.25) is 0 Å². The van der Waals surface area contributed by atoms with E-state index in [0.29, 0.717) is 54.2 Å². The molecule has 1 aromatic carbocycles. The summed E-state index contributed by atoms with van der Waals surface area (Å²) < 4.78 is 39.2. The molecular weight excluding hydrogens is 436 g/mol. The summed E-state index contributed by atoms with van der Waals surface area (Å²) in [6.07, 6.45) is 1.71. The molecule has 0 radical (unpaired) electrons. The van der Waals surface area contributed by atoms with Gasteiger partial charge in [-0.25, -0.2) is 13.1 Å². The van der Waals surface area contributed by atoms with Gasteiger partial charge >= 0.3 is 0 Å². The van der Waals surface area contributed by atoms with Gasteiger partial charge in [-0.15, -0.1) is 0 Å². The van der Waals surface area contributed by atoms with Crippen molar-refractivity contribution in [2.45, 2.75) is 44.0 Å². The topological polar surface area (TPSA) is 84.9 Å². The number of likely N-dealkylation sites (tertiary alicyclic amines) is 1. The van der Waals surface area contributed by atoms with E-state index >= 15 is 0 Å². The zero-order valence-electron chi connectivity index (χ0n) is 16.1. The van der Waals surface area contributed by atoms with Crippen molar-refractivity contribution in [1.82, 2.24) is 9.62 Å². The number of hydrogen-bond donors (Lipinski definition) is 1. The van der Waals surface area contributed by atoms with Crippen LogP contribution in [0.5, 0.6) is 11.5 Å². The third-order valence-electron chi connectivity index (χ3n) is 4.48. The van der Waals surface area contributed by atoms with Crippen molar-refractivity contribution in [2.75, 3.05) is 27.3 Å². The van der Waals surface area contributed by atoms with E-state index in [1.54, 1.807) is 6.07 Å². The lowest BCUT2D eigenvalue weighted by atomic mass is 10.0. The van der Waals surface area contributed by atoms with Gasteiger partial charge in [0.1, 0.15) is 4.90 Å². The van der Waals surface area contributed by atoms with Gasteiger partial charge < -0.3 is 14.4 Å². The molecule has 0 spiro atoms. The Bertz CT molecular complexity index is 774. The highest BCUT2D eigenvalue weighted by atomic mass is 79.9. The number of sulfonamides is 1. The van der Waals surface area contributed by atoms with Gasteiger partial charge in [0.25, 0.3) is 0 Å². The normalized spacial score (nSPS) is 15.9. The Kier molecular flexibility index (Phi) is 7.53. The number of nitrogens with one attached hydrogen (secondary N) is 1. The number of carbonyl (C=O) groups is 1. The summed E-state index contributed by atoms with van der Waals surface area (Å²) in [6, 6.07) is 2.80. The number of halogens is 1. The summed E-state index contributed by atoms with van der Waals surface area (Å²) in [5, 5.41) is 0. The molecular formula is C18H27BrN2O5S. The maximum absolute atomic E-state index is 12.8. The van der Waals surface area contributed by atoms with Crippen molar-refractivity contribution in [3.63, 3.8) is 0 Å². The number of methoxy groups -OCH3 is 2. The minimum absolute atomic E-state index is 0.0958. The molecule has 0 saturated carbocycles. The summed E-state index contributed by atoms with van der Waals surface area (Å²) in [5.74, 6) is 1.24. The van der Waals surface area contributed by atoms with Crippen molar-refractivity contribution in [2.24, 2.45) is 5.92 Å². The first kappa shape index (κ1) is 22.0. The molecule has 1 aliphatic rings. The second-order valence-electron chi connectivity index (χ2n) is 7.01. The lowest BCUT2D eigenvalue weighted by Gasteiger charge is -2.32. The van der Waals surface area contributed by atoms with Crippen molar-refractivity contribution >= 4 is 31.9 Å². The largest absolute Gasteiger partial charge is 0.493 e. The number of nitrogens with zero attached hydrogens (tertiary/aromatic N) is 1. The molecule has 9 heteroatoms. The number of rotatable bonds is 7. The van der Waals surface area contributed by atoms with Crippen LogP contribution in [-0.2, 0) is 14.8 Å². The molecule has 1 amide bonds. The number of piperidine rings is 1. The van der Waals surface area contributed by atoms with Crippen LogP contribution in [0.1, 0.15) is 33.1 Å². The van der Waals surface area contributed by atoms with Gasteiger partial charge in [-0.2, -0.15) is 0 Å². The summed E-state index contributed by atoms with van der Waals surface area (Å²) >= 11 is 3.30.